The first-order valence-electron chi connectivity index (χ1n) is 14.0. The number of benzene rings is 1. The fourth-order valence-electron chi connectivity index (χ4n) is 4.91. The van der Waals surface area contributed by atoms with Gasteiger partial charge in [-0.3, -0.25) is 19.3 Å². The number of aryl methyl sites for hydroxylation is 1. The maximum Gasteiger partial charge on any atom is 0.343 e. The lowest BCUT2D eigenvalue weighted by Crippen LogP contribution is -2.28. The summed E-state index contributed by atoms with van der Waals surface area (Å²) >= 11 is 0. The Labute approximate surface area is 261 Å². The lowest BCUT2D eigenvalue weighted by atomic mass is 9.91. The van der Waals surface area contributed by atoms with Crippen molar-refractivity contribution in [2.75, 3.05) is 55.2 Å². The average Bonchev–Trinajstić information content (AvgIpc) is 3.21. The molecule has 3 heterocycles. The van der Waals surface area contributed by atoms with Gasteiger partial charge in [-0.1, -0.05) is 13.8 Å². The molecule has 2 aromatic heterocycles. The zero-order valence-electron chi connectivity index (χ0n) is 26.4. The van der Waals surface area contributed by atoms with Gasteiger partial charge in [-0.25, -0.2) is 9.78 Å². The van der Waals surface area contributed by atoms with E-state index in [0.717, 1.165) is 23.3 Å². The van der Waals surface area contributed by atoms with Crippen molar-refractivity contribution in [2.24, 2.45) is 0 Å². The fraction of sp³-hybridized carbons (Fsp3) is 0.448. The van der Waals surface area contributed by atoms with Crippen LogP contribution in [0.3, 0.4) is 0 Å². The minimum atomic E-state index is -3.68. The molecule has 0 fully saturated rings. The van der Waals surface area contributed by atoms with E-state index in [2.05, 4.69) is 24.1 Å². The molecule has 0 saturated carbocycles. The minimum Gasteiger partial charge on any atom is -0.494 e. The third-order valence-electron chi connectivity index (χ3n) is 6.96. The van der Waals surface area contributed by atoms with E-state index in [9.17, 15) is 23.3 Å². The summed E-state index contributed by atoms with van der Waals surface area (Å²) in [4.78, 5) is 41.9. The molecule has 4 rings (SSSR count). The second-order valence-electron chi connectivity index (χ2n) is 11.5. The van der Waals surface area contributed by atoms with Crippen molar-refractivity contribution < 1.29 is 31.8 Å². The van der Waals surface area contributed by atoms with Crippen LogP contribution < -0.4 is 19.9 Å². The number of rotatable bonds is 12. The molecule has 1 aliphatic heterocycles. The van der Waals surface area contributed by atoms with Crippen molar-refractivity contribution in [3.8, 4) is 5.75 Å². The van der Waals surface area contributed by atoms with E-state index in [-0.39, 0.29) is 64.8 Å². The third-order valence-corrected chi connectivity index (χ3v) is 7.56. The van der Waals surface area contributed by atoms with Gasteiger partial charge in [-0.15, -0.1) is 0 Å². The first-order valence-corrected chi connectivity index (χ1v) is 15.8. The van der Waals surface area contributed by atoms with Crippen molar-refractivity contribution in [3.63, 3.8) is 0 Å². The molecule has 1 aliphatic rings. The number of fused-ring (bicyclic) bond motifs is 1. The van der Waals surface area contributed by atoms with Crippen LogP contribution in [0.5, 0.6) is 5.75 Å². The van der Waals surface area contributed by atoms with E-state index >= 15 is 0 Å². The molecule has 45 heavy (non-hydrogen) atoms. The van der Waals surface area contributed by atoms with E-state index in [1.807, 2.05) is 24.0 Å². The minimum absolute atomic E-state index is 0.0479. The molecule has 0 aliphatic carbocycles. The Bertz CT molecular complexity index is 1730. The zero-order valence-corrected chi connectivity index (χ0v) is 27.3. The Morgan fingerprint density at radius 1 is 1.24 bits per heavy atom. The Kier molecular flexibility index (Phi) is 9.48. The summed E-state index contributed by atoms with van der Waals surface area (Å²) in [5.74, 6) is -0.0374. The highest BCUT2D eigenvalue weighted by Gasteiger charge is 2.40. The van der Waals surface area contributed by atoms with Crippen molar-refractivity contribution in [3.05, 3.63) is 57.5 Å². The number of carbonyl (C=O) groups excluding carboxylic acids is 1. The molecule has 1 N–H and O–H groups in total. The van der Waals surface area contributed by atoms with Crippen molar-refractivity contribution in [1.82, 2.24) is 15.0 Å². The topological polar surface area (TPSA) is 179 Å². The summed E-state index contributed by atoms with van der Waals surface area (Å²) in [6, 6.07) is 6.54. The molecule has 0 amide bonds. The van der Waals surface area contributed by atoms with Crippen LogP contribution in [0.25, 0.3) is 0 Å². The van der Waals surface area contributed by atoms with Crippen LogP contribution in [0, 0.1) is 17.0 Å². The van der Waals surface area contributed by atoms with E-state index in [1.165, 1.54) is 30.3 Å². The predicted molar refractivity (Wildman–Crippen MR) is 169 cm³/mol. The number of nitrogens with one attached hydrogen (secondary N) is 1. The second kappa shape index (κ2) is 12.8. The number of ether oxygens (including phenoxy) is 2. The van der Waals surface area contributed by atoms with Gasteiger partial charge in [0.05, 0.1) is 48.1 Å². The van der Waals surface area contributed by atoms with Gasteiger partial charge in [0, 0.05) is 49.6 Å². The third kappa shape index (κ3) is 7.57. The number of esters is 1. The van der Waals surface area contributed by atoms with Crippen molar-refractivity contribution in [1.29, 1.82) is 0 Å². The van der Waals surface area contributed by atoms with Gasteiger partial charge in [-0.05, 0) is 32.9 Å². The summed E-state index contributed by atoms with van der Waals surface area (Å²) in [6.45, 7) is 9.82. The van der Waals surface area contributed by atoms with Crippen LogP contribution in [0.4, 0.5) is 34.5 Å². The standard InChI is InChI=1S/C29H37N7O8S/c1-17(2)44-27(37)19-15-30-28(33-26(19)35-16-29(4,5)25-21(35)10-9-18(3)31-25)32-20-13-23(36(38)39)22(14-24(20)42-7)34(6)11-12-43-45(8,40)41/h9-10,13-15,17H,11-12,16H2,1-8H3,(H,30,32,33). The number of methoxy groups -OCH3 is 1. The molecule has 0 unspecified atom stereocenters. The highest BCUT2D eigenvalue weighted by molar-refractivity contribution is 7.85. The number of pyridine rings is 1. The highest BCUT2D eigenvalue weighted by Crippen LogP contribution is 2.44. The van der Waals surface area contributed by atoms with E-state index < -0.39 is 21.0 Å². The van der Waals surface area contributed by atoms with Gasteiger partial charge in [0.15, 0.2) is 5.82 Å². The Morgan fingerprint density at radius 2 is 1.96 bits per heavy atom. The lowest BCUT2D eigenvalue weighted by Gasteiger charge is -2.24. The Morgan fingerprint density at radius 3 is 2.58 bits per heavy atom. The molecular weight excluding hydrogens is 606 g/mol. The number of likely N-dealkylation sites (N-methyl/N-ethyl adjacent to an activating group) is 1. The SMILES string of the molecule is COc1cc(N(C)CCOS(C)(=O)=O)c([N+](=O)[O-])cc1Nc1ncc(C(=O)OC(C)C)c(N2CC(C)(C)c3nc(C)ccc32)n1. The Balaban J connectivity index is 1.76. The summed E-state index contributed by atoms with van der Waals surface area (Å²) < 4.78 is 38.5. The monoisotopic (exact) mass is 643 g/mol. The zero-order chi connectivity index (χ0) is 33.3. The van der Waals surface area contributed by atoms with Crippen LogP contribution in [0.2, 0.25) is 0 Å². The molecule has 0 bridgehead atoms. The molecule has 0 saturated heterocycles. The van der Waals surface area contributed by atoms with Crippen LogP contribution >= 0.6 is 0 Å². The average molecular weight is 644 g/mol. The maximum absolute atomic E-state index is 13.2. The fourth-order valence-corrected chi connectivity index (χ4v) is 5.29. The van der Waals surface area contributed by atoms with Gasteiger partial charge in [0.1, 0.15) is 17.0 Å². The highest BCUT2D eigenvalue weighted by atomic mass is 32.2. The number of nitro benzene ring substituents is 1. The molecule has 3 aromatic rings. The van der Waals surface area contributed by atoms with E-state index in [0.29, 0.717) is 6.54 Å². The molecule has 1 aromatic carbocycles. The predicted octanol–water partition coefficient (Wildman–Crippen LogP) is 4.25. The maximum atomic E-state index is 13.2. The Hall–Kier alpha value is -4.57. The summed E-state index contributed by atoms with van der Waals surface area (Å²) in [6.07, 6.45) is 1.90. The van der Waals surface area contributed by atoms with Gasteiger partial charge >= 0.3 is 5.97 Å². The first-order chi connectivity index (χ1) is 21.0. The van der Waals surface area contributed by atoms with Gasteiger partial charge in [0.25, 0.3) is 15.8 Å². The summed E-state index contributed by atoms with van der Waals surface area (Å²) in [5.41, 5.74) is 2.37. The number of hydrogen-bond donors (Lipinski definition) is 1. The molecule has 0 atom stereocenters. The van der Waals surface area contributed by atoms with Crippen LogP contribution in [0.1, 0.15) is 49.4 Å². The summed E-state index contributed by atoms with van der Waals surface area (Å²) in [5, 5.41) is 15.1. The van der Waals surface area contributed by atoms with Crippen molar-refractivity contribution in [2.45, 2.75) is 46.1 Å². The number of aromatic nitrogens is 3. The molecular formula is C29H37N7O8S. The molecule has 0 radical (unpaired) electrons. The smallest absolute Gasteiger partial charge is 0.343 e. The summed E-state index contributed by atoms with van der Waals surface area (Å²) in [7, 11) is -0.710. The largest absolute Gasteiger partial charge is 0.494 e. The first kappa shape index (κ1) is 33.3. The van der Waals surface area contributed by atoms with Gasteiger partial charge in [0.2, 0.25) is 5.95 Å². The van der Waals surface area contributed by atoms with Crippen LogP contribution in [0.15, 0.2) is 30.5 Å². The van der Waals surface area contributed by atoms with E-state index in [1.54, 1.807) is 20.9 Å². The van der Waals surface area contributed by atoms with Crippen LogP contribution in [-0.2, 0) is 24.5 Å². The number of carbonyl (C=O) groups is 1. The van der Waals surface area contributed by atoms with Gasteiger partial charge < -0.3 is 24.6 Å². The van der Waals surface area contributed by atoms with Gasteiger partial charge in [-0.2, -0.15) is 13.4 Å². The van der Waals surface area contributed by atoms with Crippen LogP contribution in [-0.4, -0.2) is 80.5 Å². The molecule has 16 heteroatoms. The quantitative estimate of drug-likeness (QED) is 0.128. The number of nitrogens with zero attached hydrogens (tertiary/aromatic N) is 6. The molecule has 242 valence electrons. The van der Waals surface area contributed by atoms with E-state index in [4.69, 9.17) is 23.6 Å². The lowest BCUT2D eigenvalue weighted by molar-refractivity contribution is -0.384. The van der Waals surface area contributed by atoms with Crippen molar-refractivity contribution >= 4 is 50.6 Å². The molecule has 15 nitrogen and oxygen atoms in total. The number of nitro groups is 1. The number of hydrogen-bond acceptors (Lipinski definition) is 14. The molecule has 0 spiro atoms. The normalized spacial score (nSPS) is 13.8. The second-order valence-corrected chi connectivity index (χ2v) is 13.2. The number of anilines is 5.